The second-order valence-corrected chi connectivity index (χ2v) is 6.23. The van der Waals surface area contributed by atoms with E-state index < -0.39 is 5.54 Å². The highest BCUT2D eigenvalue weighted by atomic mass is 16.2. The van der Waals surface area contributed by atoms with E-state index in [2.05, 4.69) is 40.3 Å². The van der Waals surface area contributed by atoms with E-state index in [1.54, 1.807) is 0 Å². The monoisotopic (exact) mass is 285 g/mol. The summed E-state index contributed by atoms with van der Waals surface area (Å²) in [6.45, 7) is 3.42. The van der Waals surface area contributed by atoms with Crippen LogP contribution in [0, 0.1) is 5.92 Å². The van der Waals surface area contributed by atoms with Crippen LogP contribution in [0.3, 0.4) is 0 Å². The Kier molecular flexibility index (Phi) is 3.72. The van der Waals surface area contributed by atoms with Crippen LogP contribution in [0.15, 0.2) is 36.5 Å². The summed E-state index contributed by atoms with van der Waals surface area (Å²) in [5.74, 6) is 0.355. The van der Waals surface area contributed by atoms with Crippen LogP contribution in [0.4, 0.5) is 0 Å². The molecule has 1 aliphatic rings. The molecule has 4 nitrogen and oxygen atoms in total. The van der Waals surface area contributed by atoms with Gasteiger partial charge < -0.3 is 15.6 Å². The molecule has 0 radical (unpaired) electrons. The molecular formula is C17H23N3O. The summed E-state index contributed by atoms with van der Waals surface area (Å²) in [7, 11) is 0. The Morgan fingerprint density at radius 3 is 2.90 bits per heavy atom. The molecule has 1 aliphatic carbocycles. The van der Waals surface area contributed by atoms with Crippen LogP contribution in [0.25, 0.3) is 10.9 Å². The van der Waals surface area contributed by atoms with Crippen LogP contribution in [-0.2, 0) is 11.3 Å². The van der Waals surface area contributed by atoms with Crippen molar-refractivity contribution in [2.45, 2.75) is 38.3 Å². The molecule has 21 heavy (non-hydrogen) atoms. The summed E-state index contributed by atoms with van der Waals surface area (Å²) in [5, 5.41) is 4.23. The van der Waals surface area contributed by atoms with Crippen LogP contribution in [0.2, 0.25) is 0 Å². The van der Waals surface area contributed by atoms with Crippen molar-refractivity contribution in [3.05, 3.63) is 36.5 Å². The Morgan fingerprint density at radius 2 is 2.14 bits per heavy atom. The number of hydrogen-bond donors (Lipinski definition) is 2. The number of amides is 1. The third-order valence-electron chi connectivity index (χ3n) is 4.46. The first-order valence-corrected chi connectivity index (χ1v) is 7.70. The number of nitrogens with one attached hydrogen (secondary N) is 1. The Morgan fingerprint density at radius 1 is 1.38 bits per heavy atom. The number of nitrogens with zero attached hydrogens (tertiary/aromatic N) is 1. The molecule has 1 amide bonds. The molecule has 112 valence electrons. The molecular weight excluding hydrogens is 262 g/mol. The van der Waals surface area contributed by atoms with Gasteiger partial charge in [0.25, 0.3) is 0 Å². The standard InChI is InChI=1S/C17H23N3O/c1-17(18,14-7-8-14)16(21)19-10-4-11-20-12-9-13-5-2-3-6-15(13)20/h2-3,5-6,9,12,14H,4,7-8,10-11,18H2,1H3,(H,19,21). The number of carbonyl (C=O) groups excluding carboxylic acids is 1. The maximum atomic E-state index is 12.1. The predicted octanol–water partition coefficient (Wildman–Crippen LogP) is 2.28. The van der Waals surface area contributed by atoms with E-state index in [0.717, 1.165) is 25.8 Å². The van der Waals surface area contributed by atoms with Gasteiger partial charge in [-0.2, -0.15) is 0 Å². The summed E-state index contributed by atoms with van der Waals surface area (Å²) in [6.07, 6.45) is 5.17. The zero-order valence-corrected chi connectivity index (χ0v) is 12.5. The lowest BCUT2D eigenvalue weighted by atomic mass is 9.96. The first kappa shape index (κ1) is 14.1. The van der Waals surface area contributed by atoms with Crippen molar-refractivity contribution >= 4 is 16.8 Å². The minimum atomic E-state index is -0.694. The first-order chi connectivity index (χ1) is 10.1. The summed E-state index contributed by atoms with van der Waals surface area (Å²) >= 11 is 0. The highest BCUT2D eigenvalue weighted by Gasteiger charge is 2.43. The van der Waals surface area contributed by atoms with Gasteiger partial charge in [0.05, 0.1) is 5.54 Å². The Balaban J connectivity index is 1.49. The molecule has 0 saturated heterocycles. The normalized spacial score (nSPS) is 17.6. The topological polar surface area (TPSA) is 60.1 Å². The predicted molar refractivity (Wildman–Crippen MR) is 84.9 cm³/mol. The van der Waals surface area contributed by atoms with E-state index in [1.165, 1.54) is 10.9 Å². The molecule has 1 saturated carbocycles. The van der Waals surface area contributed by atoms with E-state index in [1.807, 2.05) is 13.0 Å². The van der Waals surface area contributed by atoms with Gasteiger partial charge in [-0.3, -0.25) is 4.79 Å². The summed E-state index contributed by atoms with van der Waals surface area (Å²) < 4.78 is 2.23. The number of nitrogens with two attached hydrogens (primary N) is 1. The van der Waals surface area contributed by atoms with Crippen LogP contribution in [0.5, 0.6) is 0 Å². The quantitative estimate of drug-likeness (QED) is 0.800. The first-order valence-electron chi connectivity index (χ1n) is 7.70. The van der Waals surface area contributed by atoms with Gasteiger partial charge in [-0.15, -0.1) is 0 Å². The van der Waals surface area contributed by atoms with E-state index in [9.17, 15) is 4.79 Å². The van der Waals surface area contributed by atoms with Crippen LogP contribution in [-0.4, -0.2) is 22.6 Å². The van der Waals surface area contributed by atoms with Gasteiger partial charge >= 0.3 is 0 Å². The minimum absolute atomic E-state index is 0.0117. The molecule has 1 fully saturated rings. The number of benzene rings is 1. The summed E-state index contributed by atoms with van der Waals surface area (Å²) in [4.78, 5) is 12.1. The number of aromatic nitrogens is 1. The van der Waals surface area contributed by atoms with E-state index >= 15 is 0 Å². The lowest BCUT2D eigenvalue weighted by molar-refractivity contribution is -0.126. The zero-order chi connectivity index (χ0) is 14.9. The molecule has 1 aromatic carbocycles. The summed E-state index contributed by atoms with van der Waals surface area (Å²) in [5.41, 5.74) is 6.65. The maximum absolute atomic E-state index is 12.1. The van der Waals surface area contributed by atoms with E-state index in [4.69, 9.17) is 5.73 Å². The number of hydrogen-bond acceptors (Lipinski definition) is 2. The van der Waals surface area contributed by atoms with Crippen molar-refractivity contribution in [2.24, 2.45) is 11.7 Å². The molecule has 3 rings (SSSR count). The molecule has 1 unspecified atom stereocenters. The van der Waals surface area contributed by atoms with Crippen LogP contribution >= 0.6 is 0 Å². The second-order valence-electron chi connectivity index (χ2n) is 6.23. The Bertz CT molecular complexity index is 640. The number of aryl methyl sites for hydroxylation is 1. The van der Waals surface area contributed by atoms with Crippen LogP contribution < -0.4 is 11.1 Å². The molecule has 4 heteroatoms. The highest BCUT2D eigenvalue weighted by molar-refractivity contribution is 5.86. The number of carbonyl (C=O) groups is 1. The van der Waals surface area contributed by atoms with Crippen molar-refractivity contribution in [1.82, 2.24) is 9.88 Å². The summed E-state index contributed by atoms with van der Waals surface area (Å²) in [6, 6.07) is 10.5. The average Bonchev–Trinajstić information content (AvgIpc) is 3.26. The number of para-hydroxylation sites is 1. The SMILES string of the molecule is CC(N)(C(=O)NCCCn1ccc2ccccc21)C1CC1. The van der Waals surface area contributed by atoms with Crippen molar-refractivity contribution in [3.63, 3.8) is 0 Å². The van der Waals surface area contributed by atoms with Gasteiger partial charge in [0.1, 0.15) is 0 Å². The molecule has 1 aromatic heterocycles. The lowest BCUT2D eigenvalue weighted by Crippen LogP contribution is -2.53. The number of rotatable bonds is 6. The smallest absolute Gasteiger partial charge is 0.240 e. The van der Waals surface area contributed by atoms with Crippen molar-refractivity contribution in [2.75, 3.05) is 6.54 Å². The zero-order valence-electron chi connectivity index (χ0n) is 12.5. The van der Waals surface area contributed by atoms with Crippen molar-refractivity contribution in [3.8, 4) is 0 Å². The van der Waals surface area contributed by atoms with Gasteiger partial charge in [0.15, 0.2) is 0 Å². The van der Waals surface area contributed by atoms with Gasteiger partial charge in [-0.25, -0.2) is 0 Å². The van der Waals surface area contributed by atoms with Gasteiger partial charge in [0, 0.05) is 24.8 Å². The largest absolute Gasteiger partial charge is 0.354 e. The molecule has 0 spiro atoms. The van der Waals surface area contributed by atoms with Gasteiger partial charge in [-0.05, 0) is 49.6 Å². The third kappa shape index (κ3) is 2.95. The fourth-order valence-electron chi connectivity index (χ4n) is 2.85. The van der Waals surface area contributed by atoms with Crippen molar-refractivity contribution in [1.29, 1.82) is 0 Å². The molecule has 1 heterocycles. The van der Waals surface area contributed by atoms with Crippen molar-refractivity contribution < 1.29 is 4.79 Å². The fourth-order valence-corrected chi connectivity index (χ4v) is 2.85. The highest BCUT2D eigenvalue weighted by Crippen LogP contribution is 2.38. The molecule has 3 N–H and O–H groups in total. The third-order valence-corrected chi connectivity index (χ3v) is 4.46. The molecule has 0 bridgehead atoms. The molecule has 0 aliphatic heterocycles. The second kappa shape index (κ2) is 5.53. The van der Waals surface area contributed by atoms with Crippen LogP contribution in [0.1, 0.15) is 26.2 Å². The molecule has 1 atom stereocenters. The lowest BCUT2D eigenvalue weighted by Gasteiger charge is -2.23. The maximum Gasteiger partial charge on any atom is 0.240 e. The average molecular weight is 285 g/mol. The minimum Gasteiger partial charge on any atom is -0.354 e. The Labute approximate surface area is 125 Å². The molecule has 2 aromatic rings. The van der Waals surface area contributed by atoms with E-state index in [0.29, 0.717) is 12.5 Å². The van der Waals surface area contributed by atoms with Gasteiger partial charge in [0.2, 0.25) is 5.91 Å². The van der Waals surface area contributed by atoms with Gasteiger partial charge in [-0.1, -0.05) is 18.2 Å². The fraction of sp³-hybridized carbons (Fsp3) is 0.471. The number of fused-ring (bicyclic) bond motifs is 1. The van der Waals surface area contributed by atoms with E-state index in [-0.39, 0.29) is 5.91 Å². The Hall–Kier alpha value is -1.81.